The van der Waals surface area contributed by atoms with E-state index >= 15 is 0 Å². The third-order valence-electron chi connectivity index (χ3n) is 5.02. The summed E-state index contributed by atoms with van der Waals surface area (Å²) in [5, 5.41) is 7.95. The Morgan fingerprint density at radius 1 is 1.18 bits per heavy atom. The Balaban J connectivity index is 1.68. The second-order valence-electron chi connectivity index (χ2n) is 7.33. The van der Waals surface area contributed by atoms with Crippen LogP contribution in [0.3, 0.4) is 0 Å². The standard InChI is InChI=1S/C23H21ClFN5O2S/c1-3-30-21-20(14(2)28-30)27-23(29(22(21)32)12-15-8-10-16(24)11-9-15)33-13-19(31)26-18-7-5-4-6-17(18)25/h4-11H,3,12-13H2,1-2H3,(H,26,31). The maximum Gasteiger partial charge on any atom is 0.280 e. The largest absolute Gasteiger partial charge is 0.323 e. The van der Waals surface area contributed by atoms with Crippen molar-refractivity contribution in [2.75, 3.05) is 11.1 Å². The lowest BCUT2D eigenvalue weighted by Gasteiger charge is -2.13. The quantitative estimate of drug-likeness (QED) is 0.308. The van der Waals surface area contributed by atoms with Gasteiger partial charge >= 0.3 is 0 Å². The van der Waals surface area contributed by atoms with Crippen LogP contribution in [0.1, 0.15) is 18.2 Å². The topological polar surface area (TPSA) is 81.8 Å². The zero-order valence-electron chi connectivity index (χ0n) is 18.0. The molecule has 0 spiro atoms. The van der Waals surface area contributed by atoms with E-state index in [2.05, 4.69) is 15.4 Å². The number of hydrogen-bond donors (Lipinski definition) is 1. The molecule has 0 fully saturated rings. The molecule has 1 N–H and O–H groups in total. The minimum atomic E-state index is -0.516. The lowest BCUT2D eigenvalue weighted by atomic mass is 10.2. The van der Waals surface area contributed by atoms with E-state index in [1.807, 2.05) is 19.1 Å². The molecule has 10 heteroatoms. The number of halogens is 2. The van der Waals surface area contributed by atoms with Crippen LogP contribution in [0.4, 0.5) is 10.1 Å². The number of para-hydroxylation sites is 1. The molecule has 0 aliphatic heterocycles. The highest BCUT2D eigenvalue weighted by molar-refractivity contribution is 7.99. The number of thioether (sulfide) groups is 1. The number of aryl methyl sites for hydroxylation is 2. The van der Waals surface area contributed by atoms with Crippen LogP contribution >= 0.6 is 23.4 Å². The van der Waals surface area contributed by atoms with Crippen molar-refractivity contribution in [1.82, 2.24) is 19.3 Å². The van der Waals surface area contributed by atoms with Crippen LogP contribution < -0.4 is 10.9 Å². The Kier molecular flexibility index (Phi) is 6.80. The first-order chi connectivity index (χ1) is 15.9. The van der Waals surface area contributed by atoms with E-state index in [1.165, 1.54) is 16.7 Å². The van der Waals surface area contributed by atoms with Crippen LogP contribution in [0.5, 0.6) is 0 Å². The van der Waals surface area contributed by atoms with Gasteiger partial charge < -0.3 is 5.32 Å². The van der Waals surface area contributed by atoms with Crippen molar-refractivity contribution in [3.8, 4) is 0 Å². The van der Waals surface area contributed by atoms with E-state index in [4.69, 9.17) is 11.6 Å². The molecule has 0 radical (unpaired) electrons. The van der Waals surface area contributed by atoms with Gasteiger partial charge in [0, 0.05) is 11.6 Å². The van der Waals surface area contributed by atoms with Gasteiger partial charge in [0.25, 0.3) is 5.56 Å². The average molecular weight is 486 g/mol. The van der Waals surface area contributed by atoms with E-state index in [9.17, 15) is 14.0 Å². The van der Waals surface area contributed by atoms with Gasteiger partial charge in [-0.05, 0) is 43.7 Å². The van der Waals surface area contributed by atoms with Crippen LogP contribution in [-0.2, 0) is 17.9 Å². The number of hydrogen-bond acceptors (Lipinski definition) is 5. The second-order valence-corrected chi connectivity index (χ2v) is 8.71. The summed E-state index contributed by atoms with van der Waals surface area (Å²) in [5.41, 5.74) is 2.29. The number of aromatic nitrogens is 4. The number of fused-ring (bicyclic) bond motifs is 1. The van der Waals surface area contributed by atoms with Crippen LogP contribution in [-0.4, -0.2) is 31.0 Å². The summed E-state index contributed by atoms with van der Waals surface area (Å²) in [6.07, 6.45) is 0. The normalized spacial score (nSPS) is 11.2. The van der Waals surface area contributed by atoms with Crippen LogP contribution in [0, 0.1) is 12.7 Å². The highest BCUT2D eigenvalue weighted by Gasteiger charge is 2.19. The van der Waals surface area contributed by atoms with Gasteiger partial charge in [-0.15, -0.1) is 0 Å². The summed E-state index contributed by atoms with van der Waals surface area (Å²) in [4.78, 5) is 30.6. The zero-order chi connectivity index (χ0) is 23.5. The van der Waals surface area contributed by atoms with E-state index in [0.717, 1.165) is 17.3 Å². The van der Waals surface area contributed by atoms with Gasteiger partial charge in [-0.1, -0.05) is 47.6 Å². The molecule has 0 aliphatic carbocycles. The predicted molar refractivity (Wildman–Crippen MR) is 129 cm³/mol. The predicted octanol–water partition coefficient (Wildman–Crippen LogP) is 4.49. The van der Waals surface area contributed by atoms with E-state index in [1.54, 1.807) is 35.9 Å². The number of carbonyl (C=O) groups excluding carboxylic acids is 1. The molecular formula is C23H21ClFN5O2S. The molecule has 2 heterocycles. The lowest BCUT2D eigenvalue weighted by Crippen LogP contribution is -2.26. The summed E-state index contributed by atoms with van der Waals surface area (Å²) < 4.78 is 17.0. The Labute approximate surface area is 198 Å². The third-order valence-corrected chi connectivity index (χ3v) is 6.24. The summed E-state index contributed by atoms with van der Waals surface area (Å²) in [5.74, 6) is -0.968. The number of anilines is 1. The monoisotopic (exact) mass is 485 g/mol. The minimum Gasteiger partial charge on any atom is -0.323 e. The number of nitrogens with zero attached hydrogens (tertiary/aromatic N) is 4. The van der Waals surface area contributed by atoms with Crippen molar-refractivity contribution in [2.45, 2.75) is 32.1 Å². The number of rotatable bonds is 7. The Bertz CT molecular complexity index is 1380. The molecule has 1 amide bonds. The van der Waals surface area contributed by atoms with Crippen LogP contribution in [0.25, 0.3) is 11.0 Å². The molecule has 0 bridgehead atoms. The Morgan fingerprint density at radius 2 is 1.91 bits per heavy atom. The van der Waals surface area contributed by atoms with Gasteiger partial charge in [-0.25, -0.2) is 9.37 Å². The van der Waals surface area contributed by atoms with Crippen molar-refractivity contribution in [3.63, 3.8) is 0 Å². The molecule has 33 heavy (non-hydrogen) atoms. The maximum atomic E-state index is 13.9. The molecular weight excluding hydrogens is 465 g/mol. The van der Waals surface area contributed by atoms with Gasteiger partial charge in [0.15, 0.2) is 10.7 Å². The SMILES string of the molecule is CCn1nc(C)c2nc(SCC(=O)Nc3ccccc3F)n(Cc3ccc(Cl)cc3)c(=O)c21. The average Bonchev–Trinajstić information content (AvgIpc) is 3.13. The summed E-state index contributed by atoms with van der Waals surface area (Å²) in [7, 11) is 0. The molecule has 4 aromatic rings. The fraction of sp³-hybridized carbons (Fsp3) is 0.217. The van der Waals surface area contributed by atoms with Gasteiger partial charge in [0.05, 0.1) is 23.7 Å². The Hall–Kier alpha value is -3.17. The first kappa shape index (κ1) is 23.0. The fourth-order valence-corrected chi connectivity index (χ4v) is 4.34. The van der Waals surface area contributed by atoms with E-state index < -0.39 is 11.7 Å². The first-order valence-corrected chi connectivity index (χ1v) is 11.6. The molecule has 4 rings (SSSR count). The second kappa shape index (κ2) is 9.76. The smallest absolute Gasteiger partial charge is 0.280 e. The number of amides is 1. The number of nitrogens with one attached hydrogen (secondary N) is 1. The minimum absolute atomic E-state index is 0.0478. The molecule has 0 saturated carbocycles. The molecule has 2 aromatic heterocycles. The highest BCUT2D eigenvalue weighted by Crippen LogP contribution is 2.22. The molecule has 7 nitrogen and oxygen atoms in total. The van der Waals surface area contributed by atoms with Crippen molar-refractivity contribution in [1.29, 1.82) is 0 Å². The zero-order valence-corrected chi connectivity index (χ0v) is 19.6. The summed E-state index contributed by atoms with van der Waals surface area (Å²) in [6.45, 7) is 4.48. The van der Waals surface area contributed by atoms with Gasteiger partial charge in [0.1, 0.15) is 11.3 Å². The van der Waals surface area contributed by atoms with Gasteiger partial charge in [-0.3, -0.25) is 18.8 Å². The van der Waals surface area contributed by atoms with Crippen molar-refractivity contribution >= 4 is 46.0 Å². The Morgan fingerprint density at radius 3 is 2.61 bits per heavy atom. The maximum absolute atomic E-state index is 13.9. The van der Waals surface area contributed by atoms with Crippen molar-refractivity contribution in [2.24, 2.45) is 0 Å². The molecule has 0 aliphatic rings. The van der Waals surface area contributed by atoms with E-state index in [0.29, 0.717) is 33.5 Å². The van der Waals surface area contributed by atoms with E-state index in [-0.39, 0.29) is 23.5 Å². The van der Waals surface area contributed by atoms with Gasteiger partial charge in [-0.2, -0.15) is 5.10 Å². The lowest BCUT2D eigenvalue weighted by molar-refractivity contribution is -0.113. The van der Waals surface area contributed by atoms with Crippen molar-refractivity contribution in [3.05, 3.63) is 81.0 Å². The molecule has 0 saturated heterocycles. The molecule has 0 atom stereocenters. The molecule has 0 unspecified atom stereocenters. The van der Waals surface area contributed by atoms with Crippen LogP contribution in [0.2, 0.25) is 5.02 Å². The highest BCUT2D eigenvalue weighted by atomic mass is 35.5. The summed E-state index contributed by atoms with van der Waals surface area (Å²) in [6, 6.07) is 13.1. The van der Waals surface area contributed by atoms with Gasteiger partial charge in [0.2, 0.25) is 5.91 Å². The first-order valence-electron chi connectivity index (χ1n) is 10.3. The third kappa shape index (κ3) is 4.94. The fourth-order valence-electron chi connectivity index (χ4n) is 3.42. The summed E-state index contributed by atoms with van der Waals surface area (Å²) >= 11 is 7.10. The van der Waals surface area contributed by atoms with Crippen LogP contribution in [0.15, 0.2) is 58.5 Å². The molecule has 2 aromatic carbocycles. The number of carbonyl (C=O) groups is 1. The van der Waals surface area contributed by atoms with Crippen molar-refractivity contribution < 1.29 is 9.18 Å². The number of benzene rings is 2. The molecule has 170 valence electrons.